The molecule has 0 rings (SSSR count). The molecule has 0 unspecified atom stereocenters. The van der Waals surface area contributed by atoms with Crippen molar-refractivity contribution >= 4 is 11.9 Å². The van der Waals surface area contributed by atoms with Gasteiger partial charge in [-0.15, -0.1) is 0 Å². The summed E-state index contributed by atoms with van der Waals surface area (Å²) in [6, 6.07) is 0. The van der Waals surface area contributed by atoms with Crippen LogP contribution in [-0.4, -0.2) is 35.6 Å². The smallest absolute Gasteiger partial charge is 0.544 e. The van der Waals surface area contributed by atoms with E-state index in [1.54, 1.807) is 0 Å². The number of rotatable bonds is 5. The van der Waals surface area contributed by atoms with Gasteiger partial charge in [-0.2, -0.15) is 35.1 Å². The number of alkyl halides is 8. The van der Waals surface area contributed by atoms with E-state index < -0.39 is 35.6 Å². The summed E-state index contributed by atoms with van der Waals surface area (Å²) in [6.07, 6.45) is 0. The Balaban J connectivity index is -0.00000144. The fourth-order valence-electron chi connectivity index (χ4n) is 0.651. The van der Waals surface area contributed by atoms with Crippen LogP contribution in [0, 0.1) is 0 Å². The number of aliphatic carboxylic acids is 2. The van der Waals surface area contributed by atoms with Gasteiger partial charge >= 0.3 is 126 Å². The summed E-state index contributed by atoms with van der Waals surface area (Å²) in [7, 11) is 0. The Labute approximate surface area is 190 Å². The third kappa shape index (κ3) is 4.14. The summed E-state index contributed by atoms with van der Waals surface area (Å²) in [5.41, 5.74) is 0. The molecule has 0 fully saturated rings. The molecule has 4 nitrogen and oxygen atoms in total. The first-order valence-corrected chi connectivity index (χ1v) is 3.58. The summed E-state index contributed by atoms with van der Waals surface area (Å²) in [5, 5.41) is 19.1. The molecule has 0 N–H and O–H groups in total. The van der Waals surface area contributed by atoms with Crippen LogP contribution in [-0.2, 0) is 9.59 Å². The maximum atomic E-state index is 12.4. The molecule has 14 heteroatoms. The molecule has 0 aliphatic rings. The van der Waals surface area contributed by atoms with Crippen LogP contribution >= 0.6 is 0 Å². The molecule has 0 aromatic heterocycles. The fraction of sp³-hybridized carbons (Fsp3) is 0.667. The Morgan fingerprint density at radius 1 is 0.600 bits per heavy atom. The minimum absolute atomic E-state index is 0. The van der Waals surface area contributed by atoms with Crippen LogP contribution in [0.4, 0.5) is 35.1 Å². The van der Waals surface area contributed by atoms with E-state index in [1.165, 1.54) is 0 Å². The Morgan fingerprint density at radius 2 is 0.750 bits per heavy atom. The third-order valence-corrected chi connectivity index (χ3v) is 1.70. The zero-order valence-electron chi connectivity index (χ0n) is 9.66. The van der Waals surface area contributed by atoms with Crippen molar-refractivity contribution in [3.05, 3.63) is 0 Å². The van der Waals surface area contributed by atoms with Gasteiger partial charge in [0.1, 0.15) is 11.9 Å². The molecule has 0 saturated heterocycles. The Bertz CT molecular complexity index is 349. The van der Waals surface area contributed by atoms with Gasteiger partial charge in [0.2, 0.25) is 0 Å². The van der Waals surface area contributed by atoms with Gasteiger partial charge in [0.05, 0.1) is 0 Å². The molecule has 0 bridgehead atoms. The van der Waals surface area contributed by atoms with Gasteiger partial charge in [0.25, 0.3) is 0 Å². The molecule has 0 aromatic carbocycles. The van der Waals surface area contributed by atoms with Crippen LogP contribution < -0.4 is 113 Å². The van der Waals surface area contributed by atoms with E-state index in [0.29, 0.717) is 0 Å². The van der Waals surface area contributed by atoms with E-state index in [2.05, 4.69) is 0 Å². The molecule has 0 amide bonds. The maximum absolute atomic E-state index is 12.4. The van der Waals surface area contributed by atoms with Crippen molar-refractivity contribution in [1.82, 2.24) is 0 Å². The Kier molecular flexibility index (Phi) is 10.6. The first kappa shape index (κ1) is 26.5. The van der Waals surface area contributed by atoms with Gasteiger partial charge < -0.3 is 19.8 Å². The van der Waals surface area contributed by atoms with Crippen LogP contribution in [0.25, 0.3) is 0 Å². The van der Waals surface area contributed by atoms with Crippen LogP contribution in [0.3, 0.4) is 0 Å². The van der Waals surface area contributed by atoms with Crippen molar-refractivity contribution in [3.63, 3.8) is 0 Å². The molecule has 0 radical (unpaired) electrons. The van der Waals surface area contributed by atoms with E-state index in [0.717, 1.165) is 0 Å². The maximum Gasteiger partial charge on any atom is 1.00 e. The van der Waals surface area contributed by atoms with Crippen LogP contribution in [0.5, 0.6) is 0 Å². The van der Waals surface area contributed by atoms with E-state index in [-0.39, 0.29) is 103 Å². The average Bonchev–Trinajstić information content (AvgIpc) is 2.15. The molecule has 0 atom stereocenters. The Hall–Kier alpha value is 1.65. The van der Waals surface area contributed by atoms with Gasteiger partial charge in [-0.05, 0) is 0 Å². The molecule has 106 valence electrons. The van der Waals surface area contributed by atoms with Crippen LogP contribution in [0.1, 0.15) is 0 Å². The monoisotopic (exact) mass is 366 g/mol. The van der Waals surface area contributed by atoms with E-state index in [9.17, 15) is 54.9 Å². The number of hydrogen-bond acceptors (Lipinski definition) is 4. The summed E-state index contributed by atoms with van der Waals surface area (Å²) in [4.78, 5) is 19.1. The number of carboxylic acids is 2. The van der Waals surface area contributed by atoms with Crippen molar-refractivity contribution in [3.8, 4) is 0 Å². The number of halogens is 8. The third-order valence-electron chi connectivity index (χ3n) is 1.70. The van der Waals surface area contributed by atoms with Crippen molar-refractivity contribution in [2.45, 2.75) is 23.7 Å². The number of hydrogen-bond donors (Lipinski definition) is 0. The van der Waals surface area contributed by atoms with Crippen molar-refractivity contribution < 1.29 is 158 Å². The van der Waals surface area contributed by atoms with E-state index in [1.807, 2.05) is 0 Å². The SMILES string of the molecule is O=C([O-])C(F)(F)C(F)(F)C(F)(F)C(F)(F)C(=O)[O-].[K+].[K+]. The quantitative estimate of drug-likeness (QED) is 0.358. The molecule has 0 aromatic rings. The van der Waals surface area contributed by atoms with E-state index in [4.69, 9.17) is 0 Å². The first-order chi connectivity index (χ1) is 7.64. The second kappa shape index (κ2) is 7.96. The summed E-state index contributed by atoms with van der Waals surface area (Å²) in [5.74, 6) is -36.1. The van der Waals surface area contributed by atoms with Gasteiger partial charge in [0, 0.05) is 0 Å². The molecule has 0 saturated carbocycles. The van der Waals surface area contributed by atoms with Crippen molar-refractivity contribution in [2.75, 3.05) is 0 Å². The van der Waals surface area contributed by atoms with Crippen LogP contribution in [0.15, 0.2) is 0 Å². The van der Waals surface area contributed by atoms with Gasteiger partial charge in [-0.1, -0.05) is 0 Å². The number of carbonyl (C=O) groups excluding carboxylic acids is 2. The number of carboxylic acid groups (broad SMARTS) is 2. The average molecular weight is 366 g/mol. The fourth-order valence-corrected chi connectivity index (χ4v) is 0.651. The van der Waals surface area contributed by atoms with Gasteiger partial charge in [-0.3, -0.25) is 0 Å². The molecule has 0 aliphatic heterocycles. The zero-order valence-corrected chi connectivity index (χ0v) is 15.9. The van der Waals surface area contributed by atoms with Crippen LogP contribution in [0.2, 0.25) is 0 Å². The minimum atomic E-state index is -7.22. The van der Waals surface area contributed by atoms with Crippen molar-refractivity contribution in [1.29, 1.82) is 0 Å². The van der Waals surface area contributed by atoms with E-state index >= 15 is 0 Å². The summed E-state index contributed by atoms with van der Waals surface area (Å²) < 4.78 is 98.3. The van der Waals surface area contributed by atoms with Gasteiger partial charge in [0.15, 0.2) is 0 Å². The zero-order chi connectivity index (χ0) is 15.2. The molecule has 0 heterocycles. The normalized spacial score (nSPS) is 13.0. The summed E-state index contributed by atoms with van der Waals surface area (Å²) in [6.45, 7) is 0. The predicted octanol–water partition coefficient (Wildman–Crippen LogP) is -6.96. The predicted molar refractivity (Wildman–Crippen MR) is 29.8 cm³/mol. The second-order valence-electron chi connectivity index (χ2n) is 2.87. The number of carbonyl (C=O) groups is 2. The molecule has 0 spiro atoms. The van der Waals surface area contributed by atoms with Gasteiger partial charge in [-0.25, -0.2) is 0 Å². The topological polar surface area (TPSA) is 80.3 Å². The molecule has 20 heavy (non-hydrogen) atoms. The molecular formula is C6F8K2O4. The molecular weight excluding hydrogens is 366 g/mol. The summed E-state index contributed by atoms with van der Waals surface area (Å²) >= 11 is 0. The second-order valence-corrected chi connectivity index (χ2v) is 2.87. The minimum Gasteiger partial charge on any atom is -0.544 e. The largest absolute Gasteiger partial charge is 1.00 e. The van der Waals surface area contributed by atoms with Crippen molar-refractivity contribution in [2.24, 2.45) is 0 Å². The Morgan fingerprint density at radius 3 is 0.850 bits per heavy atom. The standard InChI is InChI=1S/C6H2F8O4.2K/c7-3(8,1(15)16)5(11,12)6(13,14)4(9,10)2(17)18;;/h(H,15,16)(H,17,18);;/q;2*+1/p-2. The first-order valence-electron chi connectivity index (χ1n) is 3.58. The molecule has 0 aliphatic carbocycles.